The second kappa shape index (κ2) is 1.62. The lowest BCUT2D eigenvalue weighted by molar-refractivity contribution is -0.116. The molecule has 1 heterocycles. The first-order valence-corrected chi connectivity index (χ1v) is 2.60. The minimum absolute atomic E-state index is 0.0394. The molecular weight excluding hydrogens is 102 g/mol. The molecule has 8 heavy (non-hydrogen) atoms. The largest absolute Gasteiger partial charge is 0.268 e. The Hall–Kier alpha value is -0.790. The zero-order valence-corrected chi connectivity index (χ0v) is 5.06. The Morgan fingerprint density at radius 1 is 1.50 bits per heavy atom. The Balaban J connectivity index is 2.86. The van der Waals surface area contributed by atoms with Gasteiger partial charge in [-0.2, -0.15) is 0 Å². The Kier molecular flexibility index (Phi) is 1.08. The molecule has 1 aliphatic rings. The van der Waals surface area contributed by atoms with Gasteiger partial charge in [0.15, 0.2) is 0 Å². The molecule has 0 saturated heterocycles. The molecule has 0 aromatic heterocycles. The van der Waals surface area contributed by atoms with E-state index in [4.69, 9.17) is 0 Å². The Morgan fingerprint density at radius 3 is 2.25 bits per heavy atom. The van der Waals surface area contributed by atoms with Crippen molar-refractivity contribution in [2.24, 2.45) is 0 Å². The minimum atomic E-state index is -0.0394. The summed E-state index contributed by atoms with van der Waals surface area (Å²) in [7, 11) is 0. The van der Waals surface area contributed by atoms with Crippen LogP contribution in [0.15, 0.2) is 11.1 Å². The summed E-state index contributed by atoms with van der Waals surface area (Å²) in [6.07, 6.45) is 0. The van der Waals surface area contributed by atoms with E-state index in [-0.39, 0.29) is 5.91 Å². The van der Waals surface area contributed by atoms with Crippen LogP contribution in [0.3, 0.4) is 0 Å². The summed E-state index contributed by atoms with van der Waals surface area (Å²) in [5.74, 6) is -0.0394. The predicted molar refractivity (Wildman–Crippen MR) is 30.4 cm³/mol. The second-order valence-corrected chi connectivity index (χ2v) is 2.03. The van der Waals surface area contributed by atoms with Gasteiger partial charge in [-0.1, -0.05) is 0 Å². The van der Waals surface area contributed by atoms with Gasteiger partial charge in [0.1, 0.15) is 0 Å². The number of rotatable bonds is 0. The van der Waals surface area contributed by atoms with Gasteiger partial charge in [0.2, 0.25) is 0 Å². The summed E-state index contributed by atoms with van der Waals surface area (Å²) in [4.78, 5) is 10.6. The van der Waals surface area contributed by atoms with Crippen molar-refractivity contribution < 1.29 is 4.79 Å². The van der Waals surface area contributed by atoms with Crippen molar-refractivity contribution >= 4 is 5.91 Å². The lowest BCUT2D eigenvalue weighted by Crippen LogP contribution is -2.07. The van der Waals surface area contributed by atoms with Gasteiger partial charge in [0.05, 0.1) is 6.54 Å². The molecule has 0 unspecified atom stereocenters. The van der Waals surface area contributed by atoms with Crippen LogP contribution >= 0.6 is 0 Å². The number of carbonyl (C=O) groups excluding carboxylic acids is 1. The van der Waals surface area contributed by atoms with Gasteiger partial charge in [0, 0.05) is 5.57 Å². The SMILES string of the molecule is CC1=C(C)C(=O)[N]C1. The van der Waals surface area contributed by atoms with E-state index >= 15 is 0 Å². The zero-order chi connectivity index (χ0) is 6.15. The maximum atomic E-state index is 10.6. The smallest absolute Gasteiger partial charge is 0.268 e. The van der Waals surface area contributed by atoms with Crippen molar-refractivity contribution in [2.75, 3.05) is 6.54 Å². The zero-order valence-electron chi connectivity index (χ0n) is 5.06. The van der Waals surface area contributed by atoms with Gasteiger partial charge in [-0.15, -0.1) is 0 Å². The topological polar surface area (TPSA) is 31.2 Å². The highest BCUT2D eigenvalue weighted by atomic mass is 16.1. The summed E-state index contributed by atoms with van der Waals surface area (Å²) < 4.78 is 0. The molecular formula is C6H8NO. The van der Waals surface area contributed by atoms with E-state index in [9.17, 15) is 4.79 Å². The fourth-order valence-electron chi connectivity index (χ4n) is 0.610. The monoisotopic (exact) mass is 110 g/mol. The van der Waals surface area contributed by atoms with Crippen molar-refractivity contribution in [1.82, 2.24) is 5.32 Å². The normalized spacial score (nSPS) is 19.5. The van der Waals surface area contributed by atoms with Gasteiger partial charge >= 0.3 is 0 Å². The van der Waals surface area contributed by atoms with Crippen LogP contribution in [0.2, 0.25) is 0 Å². The van der Waals surface area contributed by atoms with Crippen molar-refractivity contribution in [2.45, 2.75) is 13.8 Å². The van der Waals surface area contributed by atoms with Crippen LogP contribution in [0.25, 0.3) is 0 Å². The molecule has 1 radical (unpaired) electrons. The molecule has 1 rings (SSSR count). The third kappa shape index (κ3) is 0.619. The Bertz CT molecular complexity index is 158. The number of amides is 1. The lowest BCUT2D eigenvalue weighted by atomic mass is 10.2. The maximum Gasteiger partial charge on any atom is 0.268 e. The fourth-order valence-corrected chi connectivity index (χ4v) is 0.610. The van der Waals surface area contributed by atoms with Crippen molar-refractivity contribution in [1.29, 1.82) is 0 Å². The molecule has 0 bridgehead atoms. The van der Waals surface area contributed by atoms with E-state index in [2.05, 4.69) is 5.32 Å². The van der Waals surface area contributed by atoms with E-state index < -0.39 is 0 Å². The number of carbonyl (C=O) groups is 1. The van der Waals surface area contributed by atoms with Crippen LogP contribution in [-0.2, 0) is 4.79 Å². The molecule has 1 aliphatic heterocycles. The maximum absolute atomic E-state index is 10.6. The van der Waals surface area contributed by atoms with Crippen molar-refractivity contribution in [3.05, 3.63) is 11.1 Å². The van der Waals surface area contributed by atoms with Gasteiger partial charge in [-0.05, 0) is 19.4 Å². The van der Waals surface area contributed by atoms with E-state index in [1.54, 1.807) is 0 Å². The Morgan fingerprint density at radius 2 is 2.12 bits per heavy atom. The van der Waals surface area contributed by atoms with E-state index in [1.807, 2.05) is 13.8 Å². The molecule has 0 aliphatic carbocycles. The second-order valence-electron chi connectivity index (χ2n) is 2.03. The first kappa shape index (κ1) is 5.35. The van der Waals surface area contributed by atoms with E-state index in [1.165, 1.54) is 0 Å². The Labute approximate surface area is 48.6 Å². The highest BCUT2D eigenvalue weighted by molar-refractivity contribution is 5.95. The molecule has 43 valence electrons. The van der Waals surface area contributed by atoms with Gasteiger partial charge in [0.25, 0.3) is 5.91 Å². The molecule has 0 fully saturated rings. The molecule has 1 amide bonds. The molecule has 2 heteroatoms. The van der Waals surface area contributed by atoms with Gasteiger partial charge in [-0.3, -0.25) is 4.79 Å². The predicted octanol–water partition coefficient (Wildman–Crippen LogP) is 0.467. The summed E-state index contributed by atoms with van der Waals surface area (Å²) in [6.45, 7) is 4.36. The highest BCUT2D eigenvalue weighted by Crippen LogP contribution is 2.08. The average molecular weight is 110 g/mol. The molecule has 0 aromatic rings. The highest BCUT2D eigenvalue weighted by Gasteiger charge is 2.15. The van der Waals surface area contributed by atoms with E-state index in [0.717, 1.165) is 11.1 Å². The van der Waals surface area contributed by atoms with Crippen molar-refractivity contribution in [3.8, 4) is 0 Å². The molecule has 0 atom stereocenters. The van der Waals surface area contributed by atoms with E-state index in [0.29, 0.717) is 6.54 Å². The van der Waals surface area contributed by atoms with Crippen LogP contribution < -0.4 is 5.32 Å². The molecule has 0 saturated carbocycles. The minimum Gasteiger partial charge on any atom is -0.268 e. The number of hydrogen-bond donors (Lipinski definition) is 0. The molecule has 0 N–H and O–H groups in total. The summed E-state index contributed by atoms with van der Waals surface area (Å²) in [6, 6.07) is 0. The van der Waals surface area contributed by atoms with Gasteiger partial charge < -0.3 is 0 Å². The molecule has 2 nitrogen and oxygen atoms in total. The summed E-state index contributed by atoms with van der Waals surface area (Å²) in [5.41, 5.74) is 1.93. The third-order valence-electron chi connectivity index (χ3n) is 1.42. The summed E-state index contributed by atoms with van der Waals surface area (Å²) in [5, 5.41) is 3.69. The number of nitrogens with zero attached hydrogens (tertiary/aromatic N) is 1. The van der Waals surface area contributed by atoms with Crippen LogP contribution in [-0.4, -0.2) is 12.5 Å². The van der Waals surface area contributed by atoms with Crippen molar-refractivity contribution in [3.63, 3.8) is 0 Å². The van der Waals surface area contributed by atoms with Gasteiger partial charge in [-0.25, -0.2) is 5.32 Å². The van der Waals surface area contributed by atoms with Crippen LogP contribution in [0.1, 0.15) is 13.8 Å². The fraction of sp³-hybridized carbons (Fsp3) is 0.500. The first-order valence-electron chi connectivity index (χ1n) is 2.60. The molecule has 0 spiro atoms. The molecule has 0 aromatic carbocycles. The first-order chi connectivity index (χ1) is 3.72. The quantitative estimate of drug-likeness (QED) is 0.446. The van der Waals surface area contributed by atoms with Crippen LogP contribution in [0.4, 0.5) is 0 Å². The summed E-state index contributed by atoms with van der Waals surface area (Å²) >= 11 is 0. The lowest BCUT2D eigenvalue weighted by Gasteiger charge is -1.83. The van der Waals surface area contributed by atoms with Crippen LogP contribution in [0, 0.1) is 0 Å². The van der Waals surface area contributed by atoms with Crippen LogP contribution in [0.5, 0.6) is 0 Å². The standard InChI is InChI=1S/C6H8NO/c1-4-3-7-6(8)5(4)2/h3H2,1-2H3. The average Bonchev–Trinajstić information content (AvgIpc) is 1.98. The third-order valence-corrected chi connectivity index (χ3v) is 1.42. The number of hydrogen-bond acceptors (Lipinski definition) is 1.